The number of aromatic nitrogens is 1. The van der Waals surface area contributed by atoms with Crippen molar-refractivity contribution in [3.05, 3.63) is 59.9 Å². The van der Waals surface area contributed by atoms with Crippen molar-refractivity contribution in [2.24, 2.45) is 0 Å². The number of hydrogen-bond donors (Lipinski definition) is 2. The molecule has 0 spiro atoms. The molecule has 0 saturated carbocycles. The van der Waals surface area contributed by atoms with Crippen molar-refractivity contribution in [1.29, 1.82) is 0 Å². The zero-order chi connectivity index (χ0) is 20.1. The number of hydrogen-bond acceptors (Lipinski definition) is 8. The zero-order valence-corrected chi connectivity index (χ0v) is 15.7. The van der Waals surface area contributed by atoms with Crippen LogP contribution >= 0.6 is 11.8 Å². The standard InChI is InChI=1S/C19H17N3O5S/c1-27-19(26)12-5-6-20-16(9-12)28-14-4-2-3-13(10-14)21-15-11-17(24)22(7-8-23)18(15)25/h2-6,9-11,21,23H,7-8H2,1H3. The summed E-state index contributed by atoms with van der Waals surface area (Å²) >= 11 is 1.34. The summed E-state index contributed by atoms with van der Waals surface area (Å²) in [6, 6.07) is 10.4. The van der Waals surface area contributed by atoms with E-state index in [1.807, 2.05) is 6.07 Å². The minimum atomic E-state index is -0.482. The van der Waals surface area contributed by atoms with Gasteiger partial charge in [0.05, 0.1) is 25.8 Å². The van der Waals surface area contributed by atoms with Crippen molar-refractivity contribution >= 4 is 35.2 Å². The van der Waals surface area contributed by atoms with Gasteiger partial charge in [0.1, 0.15) is 10.7 Å². The number of methoxy groups -OCH3 is 1. The van der Waals surface area contributed by atoms with Crippen molar-refractivity contribution in [1.82, 2.24) is 9.88 Å². The van der Waals surface area contributed by atoms with Crippen molar-refractivity contribution < 1.29 is 24.2 Å². The largest absolute Gasteiger partial charge is 0.465 e. The minimum absolute atomic E-state index is 0.0442. The Labute approximate surface area is 165 Å². The molecule has 3 rings (SSSR count). The summed E-state index contributed by atoms with van der Waals surface area (Å²) in [5, 5.41) is 12.5. The van der Waals surface area contributed by atoms with Gasteiger partial charge in [0.25, 0.3) is 11.8 Å². The quantitative estimate of drug-likeness (QED) is 0.535. The maximum atomic E-state index is 12.2. The van der Waals surface area contributed by atoms with Crippen LogP contribution in [0.2, 0.25) is 0 Å². The molecular weight excluding hydrogens is 382 g/mol. The van der Waals surface area contributed by atoms with Crippen LogP contribution in [-0.2, 0) is 14.3 Å². The molecule has 2 aromatic rings. The Kier molecular flexibility index (Phi) is 6.07. The first-order valence-corrected chi connectivity index (χ1v) is 9.11. The van der Waals surface area contributed by atoms with Gasteiger partial charge in [-0.25, -0.2) is 9.78 Å². The molecule has 0 aliphatic carbocycles. The van der Waals surface area contributed by atoms with Crippen molar-refractivity contribution in [2.75, 3.05) is 25.6 Å². The number of aliphatic hydroxyl groups excluding tert-OH is 1. The molecule has 0 saturated heterocycles. The molecule has 28 heavy (non-hydrogen) atoms. The van der Waals surface area contributed by atoms with E-state index in [1.54, 1.807) is 30.3 Å². The molecule has 1 aliphatic heterocycles. The summed E-state index contributed by atoms with van der Waals surface area (Å²) in [6.07, 6.45) is 2.74. The summed E-state index contributed by atoms with van der Waals surface area (Å²) in [6.45, 7) is -0.334. The highest BCUT2D eigenvalue weighted by Crippen LogP contribution is 2.29. The van der Waals surface area contributed by atoms with E-state index in [-0.39, 0.29) is 18.8 Å². The van der Waals surface area contributed by atoms with Gasteiger partial charge in [0.2, 0.25) is 0 Å². The van der Waals surface area contributed by atoms with E-state index in [2.05, 4.69) is 10.3 Å². The molecule has 1 aromatic carbocycles. The predicted octanol–water partition coefficient (Wildman–Crippen LogP) is 1.68. The molecule has 0 fully saturated rings. The molecule has 144 valence electrons. The SMILES string of the molecule is COC(=O)c1ccnc(Sc2cccc(NC3=CC(=O)N(CCO)C3=O)c2)c1. The van der Waals surface area contributed by atoms with E-state index < -0.39 is 17.8 Å². The van der Waals surface area contributed by atoms with Gasteiger partial charge in [0, 0.05) is 22.9 Å². The van der Waals surface area contributed by atoms with E-state index >= 15 is 0 Å². The first kappa shape index (κ1) is 19.6. The highest BCUT2D eigenvalue weighted by atomic mass is 32.2. The van der Waals surface area contributed by atoms with E-state index in [9.17, 15) is 14.4 Å². The van der Waals surface area contributed by atoms with E-state index in [0.717, 1.165) is 9.80 Å². The Morgan fingerprint density at radius 1 is 1.29 bits per heavy atom. The number of rotatable bonds is 7. The predicted molar refractivity (Wildman–Crippen MR) is 102 cm³/mol. The number of carbonyl (C=O) groups is 3. The second-order valence-electron chi connectivity index (χ2n) is 5.71. The van der Waals surface area contributed by atoms with Crippen LogP contribution in [0.5, 0.6) is 0 Å². The second-order valence-corrected chi connectivity index (χ2v) is 6.80. The lowest BCUT2D eigenvalue weighted by Crippen LogP contribution is -2.34. The molecule has 2 heterocycles. The van der Waals surface area contributed by atoms with Gasteiger partial charge < -0.3 is 15.2 Å². The van der Waals surface area contributed by atoms with E-state index in [1.165, 1.54) is 31.1 Å². The number of nitrogens with one attached hydrogen (secondary N) is 1. The topological polar surface area (TPSA) is 109 Å². The van der Waals surface area contributed by atoms with Crippen LogP contribution in [0.3, 0.4) is 0 Å². The molecule has 9 heteroatoms. The second kappa shape index (κ2) is 8.68. The number of nitrogens with zero attached hydrogens (tertiary/aromatic N) is 2. The Bertz CT molecular complexity index is 960. The summed E-state index contributed by atoms with van der Waals surface area (Å²) in [4.78, 5) is 41.7. The van der Waals surface area contributed by atoms with Gasteiger partial charge in [-0.3, -0.25) is 14.5 Å². The van der Waals surface area contributed by atoms with E-state index in [0.29, 0.717) is 16.3 Å². The van der Waals surface area contributed by atoms with Gasteiger partial charge in [-0.05, 0) is 30.3 Å². The number of esters is 1. The number of amides is 2. The number of aliphatic hydroxyl groups is 1. The first-order chi connectivity index (χ1) is 13.5. The number of benzene rings is 1. The van der Waals surface area contributed by atoms with E-state index in [4.69, 9.17) is 9.84 Å². The van der Waals surface area contributed by atoms with Crippen LogP contribution in [0.4, 0.5) is 5.69 Å². The molecule has 2 amide bonds. The monoisotopic (exact) mass is 399 g/mol. The fraction of sp³-hybridized carbons (Fsp3) is 0.158. The number of imide groups is 1. The Morgan fingerprint density at radius 2 is 2.11 bits per heavy atom. The molecule has 0 unspecified atom stereocenters. The fourth-order valence-electron chi connectivity index (χ4n) is 2.53. The average Bonchev–Trinajstić information content (AvgIpc) is 2.95. The van der Waals surface area contributed by atoms with Crippen LogP contribution < -0.4 is 5.32 Å². The normalized spacial score (nSPS) is 13.5. The summed E-state index contributed by atoms with van der Waals surface area (Å²) in [5.74, 6) is -1.39. The van der Waals surface area contributed by atoms with Crippen molar-refractivity contribution in [3.63, 3.8) is 0 Å². The van der Waals surface area contributed by atoms with Crippen LogP contribution in [0.1, 0.15) is 10.4 Å². The number of ether oxygens (including phenoxy) is 1. The molecular formula is C19H17N3O5S. The Morgan fingerprint density at radius 3 is 2.86 bits per heavy atom. The number of pyridine rings is 1. The highest BCUT2D eigenvalue weighted by Gasteiger charge is 2.30. The third-order valence-electron chi connectivity index (χ3n) is 3.82. The lowest BCUT2D eigenvalue weighted by atomic mass is 10.3. The summed E-state index contributed by atoms with van der Waals surface area (Å²) in [7, 11) is 1.32. The van der Waals surface area contributed by atoms with Crippen LogP contribution in [-0.4, -0.2) is 53.0 Å². The molecule has 8 nitrogen and oxygen atoms in total. The minimum Gasteiger partial charge on any atom is -0.465 e. The molecule has 1 aliphatic rings. The maximum absolute atomic E-state index is 12.2. The van der Waals surface area contributed by atoms with Gasteiger partial charge in [-0.1, -0.05) is 17.8 Å². The first-order valence-electron chi connectivity index (χ1n) is 8.29. The third kappa shape index (κ3) is 4.38. The van der Waals surface area contributed by atoms with Gasteiger partial charge in [0.15, 0.2) is 0 Å². The summed E-state index contributed by atoms with van der Waals surface area (Å²) in [5.41, 5.74) is 1.16. The zero-order valence-electron chi connectivity index (χ0n) is 14.9. The molecule has 1 aromatic heterocycles. The Hall–Kier alpha value is -3.17. The third-order valence-corrected chi connectivity index (χ3v) is 4.75. The molecule has 0 radical (unpaired) electrons. The van der Waals surface area contributed by atoms with Gasteiger partial charge in [-0.15, -0.1) is 0 Å². The smallest absolute Gasteiger partial charge is 0.337 e. The number of β-amino-alcohol motifs (C(OH)–C–C–N with tert-alkyl or cyclic N) is 1. The fourth-order valence-corrected chi connectivity index (χ4v) is 3.41. The van der Waals surface area contributed by atoms with Crippen LogP contribution in [0.15, 0.2) is 64.3 Å². The molecule has 2 N–H and O–H groups in total. The number of anilines is 1. The van der Waals surface area contributed by atoms with Gasteiger partial charge in [-0.2, -0.15) is 0 Å². The maximum Gasteiger partial charge on any atom is 0.337 e. The van der Waals surface area contributed by atoms with Crippen LogP contribution in [0.25, 0.3) is 0 Å². The number of carbonyl (C=O) groups excluding carboxylic acids is 3. The highest BCUT2D eigenvalue weighted by molar-refractivity contribution is 7.99. The van der Waals surface area contributed by atoms with Gasteiger partial charge >= 0.3 is 5.97 Å². The van der Waals surface area contributed by atoms with Crippen molar-refractivity contribution in [3.8, 4) is 0 Å². The van der Waals surface area contributed by atoms with Crippen molar-refractivity contribution in [2.45, 2.75) is 9.92 Å². The van der Waals surface area contributed by atoms with Crippen LogP contribution in [0, 0.1) is 0 Å². The Balaban J connectivity index is 1.73. The average molecular weight is 399 g/mol. The molecule has 0 bridgehead atoms. The lowest BCUT2D eigenvalue weighted by molar-refractivity contribution is -0.137. The molecule has 0 atom stereocenters. The summed E-state index contributed by atoms with van der Waals surface area (Å²) < 4.78 is 4.71. The lowest BCUT2D eigenvalue weighted by Gasteiger charge is -2.13.